The molecule has 108 valence electrons. The van der Waals surface area contributed by atoms with Crippen LogP contribution in [0.5, 0.6) is 0 Å². The summed E-state index contributed by atoms with van der Waals surface area (Å²) in [6.07, 6.45) is 3.94. The van der Waals surface area contributed by atoms with Crippen molar-refractivity contribution >= 4 is 12.0 Å². The van der Waals surface area contributed by atoms with Crippen molar-refractivity contribution in [3.05, 3.63) is 29.7 Å². The van der Waals surface area contributed by atoms with Gasteiger partial charge in [-0.25, -0.2) is 0 Å². The summed E-state index contributed by atoms with van der Waals surface area (Å²) in [7, 11) is 0. The zero-order chi connectivity index (χ0) is 15.0. The van der Waals surface area contributed by atoms with Crippen LogP contribution in [0.25, 0.3) is 6.08 Å². The van der Waals surface area contributed by atoms with E-state index >= 15 is 0 Å². The highest BCUT2D eigenvalue weighted by Crippen LogP contribution is 2.12. The van der Waals surface area contributed by atoms with E-state index in [9.17, 15) is 9.90 Å². The van der Waals surface area contributed by atoms with E-state index in [1.54, 1.807) is 12.1 Å². The topological polar surface area (TPSA) is 86.3 Å². The van der Waals surface area contributed by atoms with Gasteiger partial charge in [0.05, 0.1) is 12.4 Å². The minimum atomic E-state index is -0.600. The summed E-state index contributed by atoms with van der Waals surface area (Å²) in [5.74, 6) is 0.0843. The number of amides is 1. The van der Waals surface area contributed by atoms with Crippen LogP contribution in [0.4, 0.5) is 0 Å². The van der Waals surface area contributed by atoms with Gasteiger partial charge in [-0.1, -0.05) is 26.7 Å². The van der Waals surface area contributed by atoms with E-state index in [1.165, 1.54) is 12.3 Å². The van der Waals surface area contributed by atoms with Gasteiger partial charge >= 0.3 is 0 Å². The Bertz CT molecular complexity index is 482. The second kappa shape index (κ2) is 8.18. The van der Waals surface area contributed by atoms with Crippen molar-refractivity contribution in [2.24, 2.45) is 5.92 Å². The number of furan rings is 1. The molecule has 0 radical (unpaired) electrons. The van der Waals surface area contributed by atoms with Crippen molar-refractivity contribution in [1.29, 1.82) is 5.26 Å². The maximum absolute atomic E-state index is 11.8. The average Bonchev–Trinajstić information content (AvgIpc) is 2.96. The zero-order valence-corrected chi connectivity index (χ0v) is 11.8. The van der Waals surface area contributed by atoms with Crippen molar-refractivity contribution in [1.82, 2.24) is 5.32 Å². The number of aliphatic hydroxyl groups is 1. The third kappa shape index (κ3) is 4.56. The first-order valence-electron chi connectivity index (χ1n) is 6.73. The van der Waals surface area contributed by atoms with Gasteiger partial charge in [0.25, 0.3) is 5.91 Å². The predicted molar refractivity (Wildman–Crippen MR) is 75.4 cm³/mol. The minimum absolute atomic E-state index is 0.0447. The lowest BCUT2D eigenvalue weighted by atomic mass is 9.96. The van der Waals surface area contributed by atoms with Crippen LogP contribution in [0.1, 0.15) is 32.4 Å². The van der Waals surface area contributed by atoms with E-state index in [2.05, 4.69) is 5.32 Å². The van der Waals surface area contributed by atoms with Crippen LogP contribution in [0.3, 0.4) is 0 Å². The molecule has 1 heterocycles. The van der Waals surface area contributed by atoms with Crippen LogP contribution < -0.4 is 5.32 Å². The highest BCUT2D eigenvalue weighted by Gasteiger charge is 2.17. The first-order valence-corrected chi connectivity index (χ1v) is 6.73. The van der Waals surface area contributed by atoms with Gasteiger partial charge in [-0.2, -0.15) is 5.26 Å². The van der Waals surface area contributed by atoms with Gasteiger partial charge in [0.15, 0.2) is 0 Å². The highest BCUT2D eigenvalue weighted by molar-refractivity contribution is 6.01. The second-order valence-electron chi connectivity index (χ2n) is 4.54. The third-order valence-electron chi connectivity index (χ3n) is 3.26. The monoisotopic (exact) mass is 276 g/mol. The molecule has 0 spiro atoms. The van der Waals surface area contributed by atoms with Crippen molar-refractivity contribution in [2.45, 2.75) is 32.8 Å². The molecule has 5 nitrogen and oxygen atoms in total. The van der Waals surface area contributed by atoms with Gasteiger partial charge < -0.3 is 14.8 Å². The number of carbonyl (C=O) groups is 1. The Morgan fingerprint density at radius 2 is 2.25 bits per heavy atom. The summed E-state index contributed by atoms with van der Waals surface area (Å²) in [4.78, 5) is 11.8. The smallest absolute Gasteiger partial charge is 0.262 e. The van der Waals surface area contributed by atoms with Gasteiger partial charge in [-0.05, 0) is 18.1 Å². The molecule has 0 aliphatic rings. The van der Waals surface area contributed by atoms with E-state index in [1.807, 2.05) is 19.9 Å². The number of hydrogen-bond donors (Lipinski definition) is 2. The number of hydrogen-bond acceptors (Lipinski definition) is 4. The third-order valence-corrected chi connectivity index (χ3v) is 3.26. The molecule has 1 rings (SSSR count). The molecule has 0 saturated carbocycles. The number of aliphatic hydroxyl groups excluding tert-OH is 1. The van der Waals surface area contributed by atoms with E-state index in [0.717, 1.165) is 12.8 Å². The van der Waals surface area contributed by atoms with Gasteiger partial charge in [0, 0.05) is 12.6 Å². The molecule has 5 heteroatoms. The van der Waals surface area contributed by atoms with Crippen molar-refractivity contribution in [2.75, 3.05) is 6.54 Å². The molecule has 1 aromatic heterocycles. The number of nitrogens with one attached hydrogen (secondary N) is 1. The van der Waals surface area contributed by atoms with Gasteiger partial charge in [0.2, 0.25) is 0 Å². The number of nitrogens with zero attached hydrogens (tertiary/aromatic N) is 1. The summed E-state index contributed by atoms with van der Waals surface area (Å²) in [6.45, 7) is 4.13. The Hall–Kier alpha value is -2.06. The molecule has 0 saturated heterocycles. The van der Waals surface area contributed by atoms with Gasteiger partial charge in [0.1, 0.15) is 17.4 Å². The Balaban J connectivity index is 2.59. The molecule has 0 aliphatic heterocycles. The van der Waals surface area contributed by atoms with Crippen LogP contribution in [-0.2, 0) is 4.79 Å². The fourth-order valence-electron chi connectivity index (χ4n) is 1.96. The molecule has 0 bridgehead atoms. The molecular formula is C15H20N2O3. The largest absolute Gasteiger partial charge is 0.465 e. The second-order valence-corrected chi connectivity index (χ2v) is 4.54. The average molecular weight is 276 g/mol. The first-order chi connectivity index (χ1) is 9.62. The van der Waals surface area contributed by atoms with E-state index < -0.39 is 12.0 Å². The number of rotatable bonds is 7. The standard InChI is InChI=1S/C15H20N2O3/c1-3-11(4-2)14(18)10-17-15(19)12(9-16)8-13-6-5-7-20-13/h5-8,11,14,18H,3-4,10H2,1-2H3,(H,17,19)/b12-8+. The Kier molecular flexibility index (Phi) is 6.54. The van der Waals surface area contributed by atoms with Crippen LogP contribution in [-0.4, -0.2) is 23.7 Å². The van der Waals surface area contributed by atoms with Crippen LogP contribution >= 0.6 is 0 Å². The fourth-order valence-corrected chi connectivity index (χ4v) is 1.96. The molecule has 2 N–H and O–H groups in total. The zero-order valence-electron chi connectivity index (χ0n) is 11.8. The summed E-state index contributed by atoms with van der Waals surface area (Å²) in [5.41, 5.74) is -0.0447. The molecule has 1 aromatic rings. The molecular weight excluding hydrogens is 256 g/mol. The molecule has 1 unspecified atom stereocenters. The lowest BCUT2D eigenvalue weighted by Crippen LogP contribution is -2.36. The van der Waals surface area contributed by atoms with Gasteiger partial charge in [-0.15, -0.1) is 0 Å². The maximum Gasteiger partial charge on any atom is 0.262 e. The molecule has 0 aliphatic carbocycles. The number of nitriles is 1. The SMILES string of the molecule is CCC(CC)C(O)CNC(=O)/C(C#N)=C/c1ccco1. The fraction of sp³-hybridized carbons (Fsp3) is 0.467. The van der Waals surface area contributed by atoms with Gasteiger partial charge in [-0.3, -0.25) is 4.79 Å². The summed E-state index contributed by atoms with van der Waals surface area (Å²) in [5, 5.41) is 21.5. The number of carbonyl (C=O) groups excluding carboxylic acids is 1. The van der Waals surface area contributed by atoms with Crippen molar-refractivity contribution in [3.8, 4) is 6.07 Å². The van der Waals surface area contributed by atoms with E-state index in [4.69, 9.17) is 9.68 Å². The quantitative estimate of drug-likeness (QED) is 0.590. The normalized spacial score (nSPS) is 13.1. The highest BCUT2D eigenvalue weighted by atomic mass is 16.3. The molecule has 20 heavy (non-hydrogen) atoms. The Labute approximate surface area is 118 Å². The molecule has 0 aromatic carbocycles. The van der Waals surface area contributed by atoms with Crippen LogP contribution in [0, 0.1) is 17.2 Å². The molecule has 1 atom stereocenters. The summed E-state index contributed by atoms with van der Waals surface area (Å²) >= 11 is 0. The van der Waals surface area contributed by atoms with E-state index in [-0.39, 0.29) is 18.0 Å². The lowest BCUT2D eigenvalue weighted by Gasteiger charge is -2.20. The Morgan fingerprint density at radius 3 is 2.75 bits per heavy atom. The van der Waals surface area contributed by atoms with Crippen molar-refractivity contribution in [3.63, 3.8) is 0 Å². The predicted octanol–water partition coefficient (Wildman–Crippen LogP) is 2.10. The first kappa shape index (κ1) is 16.0. The van der Waals surface area contributed by atoms with Crippen LogP contribution in [0.2, 0.25) is 0 Å². The Morgan fingerprint density at radius 1 is 1.55 bits per heavy atom. The minimum Gasteiger partial charge on any atom is -0.465 e. The van der Waals surface area contributed by atoms with Crippen molar-refractivity contribution < 1.29 is 14.3 Å². The molecule has 0 fully saturated rings. The van der Waals surface area contributed by atoms with E-state index in [0.29, 0.717) is 5.76 Å². The summed E-state index contributed by atoms with van der Waals surface area (Å²) in [6, 6.07) is 5.16. The lowest BCUT2D eigenvalue weighted by molar-refractivity contribution is -0.117. The summed E-state index contributed by atoms with van der Waals surface area (Å²) < 4.78 is 5.06. The van der Waals surface area contributed by atoms with Crippen LogP contribution in [0.15, 0.2) is 28.4 Å². The maximum atomic E-state index is 11.8. The molecule has 1 amide bonds.